The fourth-order valence-electron chi connectivity index (χ4n) is 3.88. The first-order chi connectivity index (χ1) is 16.0. The normalized spacial score (nSPS) is 13.7. The minimum Gasteiger partial charge on any atom is -0.477 e. The third-order valence-electron chi connectivity index (χ3n) is 5.63. The van der Waals surface area contributed by atoms with Gasteiger partial charge in [-0.05, 0) is 60.9 Å². The summed E-state index contributed by atoms with van der Waals surface area (Å²) < 4.78 is 0. The summed E-state index contributed by atoms with van der Waals surface area (Å²) in [6.45, 7) is 4.17. The molecule has 0 saturated heterocycles. The Morgan fingerprint density at radius 1 is 1.06 bits per heavy atom. The lowest BCUT2D eigenvalue weighted by Gasteiger charge is -2.12. The molecule has 33 heavy (non-hydrogen) atoms. The number of allylic oxidation sites excluding steroid dienone is 2. The molecule has 1 aromatic heterocycles. The van der Waals surface area contributed by atoms with Crippen LogP contribution in [0.4, 0.5) is 0 Å². The van der Waals surface area contributed by atoms with Crippen molar-refractivity contribution in [1.82, 2.24) is 0 Å². The second-order valence-corrected chi connectivity index (χ2v) is 9.39. The number of carbonyl (C=O) groups is 1. The maximum absolute atomic E-state index is 10.4. The molecule has 3 N–H and O–H groups in total. The molecule has 3 rings (SSSR count). The molecule has 1 heterocycles. The Morgan fingerprint density at radius 3 is 2.42 bits per heavy atom. The quantitative estimate of drug-likeness (QED) is 0.285. The number of aryl methyl sites for hydroxylation is 1. The number of carboxylic acids is 1. The number of carboxylic acid groups (broad SMARTS) is 1. The van der Waals surface area contributed by atoms with Crippen LogP contribution in [0.25, 0.3) is 5.57 Å². The van der Waals surface area contributed by atoms with Crippen LogP contribution < -0.4 is 0 Å². The van der Waals surface area contributed by atoms with Crippen molar-refractivity contribution in [1.29, 1.82) is 0 Å². The van der Waals surface area contributed by atoms with Gasteiger partial charge in [-0.2, -0.15) is 0 Å². The second-order valence-electron chi connectivity index (χ2n) is 8.23. The Kier molecular flexibility index (Phi) is 12.0. The Hall–Kier alpha value is -2.39. The molecule has 4 nitrogen and oxygen atoms in total. The highest BCUT2D eigenvalue weighted by molar-refractivity contribution is 7.13. The molecule has 1 unspecified atom stereocenters. The molecule has 2 aromatic rings. The number of benzene rings is 1. The summed E-state index contributed by atoms with van der Waals surface area (Å²) in [5.41, 5.74) is 4.66. The van der Waals surface area contributed by atoms with Gasteiger partial charge >= 0.3 is 5.97 Å². The molecule has 1 atom stereocenters. The van der Waals surface area contributed by atoms with E-state index in [2.05, 4.69) is 37.8 Å². The molecule has 0 spiro atoms. The van der Waals surface area contributed by atoms with E-state index in [9.17, 15) is 9.90 Å². The topological polar surface area (TPSA) is 77.8 Å². The van der Waals surface area contributed by atoms with Crippen molar-refractivity contribution in [2.24, 2.45) is 0 Å². The molecule has 5 heteroatoms. The molecular formula is C28H36O4S. The summed E-state index contributed by atoms with van der Waals surface area (Å²) in [7, 11) is 0. The van der Waals surface area contributed by atoms with E-state index in [-0.39, 0.29) is 12.7 Å². The maximum Gasteiger partial charge on any atom is 0.345 e. The number of aromatic carboxylic acids is 1. The predicted molar refractivity (Wildman–Crippen MR) is 136 cm³/mol. The van der Waals surface area contributed by atoms with Gasteiger partial charge in [0.25, 0.3) is 0 Å². The summed E-state index contributed by atoms with van der Waals surface area (Å²) >= 11 is 1.37. The van der Waals surface area contributed by atoms with Crippen molar-refractivity contribution in [2.75, 3.05) is 6.61 Å². The second kappa shape index (κ2) is 14.7. The number of thiophene rings is 1. The Bertz CT molecular complexity index is 960. The molecule has 1 aromatic carbocycles. The average molecular weight is 469 g/mol. The van der Waals surface area contributed by atoms with Gasteiger partial charge < -0.3 is 15.3 Å². The lowest BCUT2D eigenvalue weighted by Crippen LogP contribution is -1.97. The van der Waals surface area contributed by atoms with Crippen LogP contribution in [0.3, 0.4) is 0 Å². The number of hydrogen-bond acceptors (Lipinski definition) is 4. The number of unbranched alkanes of at least 4 members (excludes halogenated alkanes) is 2. The van der Waals surface area contributed by atoms with Crippen molar-refractivity contribution < 1.29 is 20.1 Å². The number of aliphatic hydroxyl groups is 2. The third-order valence-corrected chi connectivity index (χ3v) is 6.76. The van der Waals surface area contributed by atoms with Crippen molar-refractivity contribution in [3.63, 3.8) is 0 Å². The molecule has 0 amide bonds. The molecule has 178 valence electrons. The first-order valence-electron chi connectivity index (χ1n) is 11.9. The monoisotopic (exact) mass is 468 g/mol. The van der Waals surface area contributed by atoms with Crippen LogP contribution >= 0.6 is 11.3 Å². The van der Waals surface area contributed by atoms with E-state index in [1.54, 1.807) is 6.07 Å². The van der Waals surface area contributed by atoms with Gasteiger partial charge in [-0.1, -0.05) is 75.6 Å². The van der Waals surface area contributed by atoms with Crippen LogP contribution in [0.15, 0.2) is 42.0 Å². The van der Waals surface area contributed by atoms with Gasteiger partial charge in [0.1, 0.15) is 11.5 Å². The van der Waals surface area contributed by atoms with Gasteiger partial charge in [-0.25, -0.2) is 4.79 Å². The first-order valence-corrected chi connectivity index (χ1v) is 12.7. The molecule has 0 saturated carbocycles. The summed E-state index contributed by atoms with van der Waals surface area (Å²) in [5, 5.41) is 27.6. The van der Waals surface area contributed by atoms with E-state index in [1.807, 2.05) is 18.2 Å². The van der Waals surface area contributed by atoms with E-state index in [0.717, 1.165) is 61.0 Å². The highest BCUT2D eigenvalue weighted by Gasteiger charge is 2.15. The maximum atomic E-state index is 10.4. The van der Waals surface area contributed by atoms with Gasteiger partial charge in [-0.3, -0.25) is 0 Å². The van der Waals surface area contributed by atoms with Crippen molar-refractivity contribution >= 4 is 22.9 Å². The molecule has 1 aliphatic carbocycles. The van der Waals surface area contributed by atoms with Crippen molar-refractivity contribution in [3.05, 3.63) is 62.9 Å². The van der Waals surface area contributed by atoms with E-state index in [4.69, 9.17) is 10.2 Å². The van der Waals surface area contributed by atoms with E-state index >= 15 is 0 Å². The zero-order chi connectivity index (χ0) is 24.1. The standard InChI is InChI=1S/C20H26O2.C8H10O2S/c1-2-3-4-10-20(22)18-13-11-17(12-14-18)19-9-5-7-16(19)8-6-15-21;1-2-3-6-4-5-7(11-6)8(9)10/h11-14,20-22H,2-5,7,9-10,15H2,1H3;4-5H,2-3H2,1H3,(H,9,10). The van der Waals surface area contributed by atoms with Crippen LogP contribution in [0, 0.1) is 11.8 Å². The minimum atomic E-state index is -0.822. The largest absolute Gasteiger partial charge is 0.477 e. The molecule has 0 radical (unpaired) electrons. The van der Waals surface area contributed by atoms with Gasteiger partial charge in [0.2, 0.25) is 0 Å². The Morgan fingerprint density at radius 2 is 1.82 bits per heavy atom. The Balaban J connectivity index is 0.000000294. The van der Waals surface area contributed by atoms with Crippen LogP contribution in [0.2, 0.25) is 0 Å². The van der Waals surface area contributed by atoms with E-state index in [1.165, 1.54) is 35.3 Å². The molecule has 0 bridgehead atoms. The van der Waals surface area contributed by atoms with E-state index in [0.29, 0.717) is 4.88 Å². The van der Waals surface area contributed by atoms with Gasteiger partial charge in [-0.15, -0.1) is 11.3 Å². The first kappa shape index (κ1) is 26.9. The summed E-state index contributed by atoms with van der Waals surface area (Å²) in [6, 6.07) is 11.8. The SMILES string of the molecule is CCCCCC(O)c1ccc(C2=C(C#CCO)CCC2)cc1.CCCc1ccc(C(=O)O)s1. The Labute approximate surface area is 202 Å². The zero-order valence-corrected chi connectivity index (χ0v) is 20.6. The average Bonchev–Trinajstić information content (AvgIpc) is 3.48. The highest BCUT2D eigenvalue weighted by atomic mass is 32.1. The highest BCUT2D eigenvalue weighted by Crippen LogP contribution is 2.34. The summed E-state index contributed by atoms with van der Waals surface area (Å²) in [5.74, 6) is 5.02. The molecule has 1 aliphatic rings. The zero-order valence-electron chi connectivity index (χ0n) is 19.8. The fraction of sp³-hybridized carbons (Fsp3) is 0.464. The summed E-state index contributed by atoms with van der Waals surface area (Å²) in [6.07, 6.45) is 9.15. The van der Waals surface area contributed by atoms with Crippen molar-refractivity contribution in [2.45, 2.75) is 77.7 Å². The van der Waals surface area contributed by atoms with Gasteiger partial charge in [0, 0.05) is 10.5 Å². The van der Waals surface area contributed by atoms with Crippen LogP contribution in [0.1, 0.15) is 97.0 Å². The number of rotatable bonds is 9. The predicted octanol–water partition coefficient (Wildman–Crippen LogP) is 6.63. The van der Waals surface area contributed by atoms with Crippen molar-refractivity contribution in [3.8, 4) is 11.8 Å². The number of hydrogen-bond donors (Lipinski definition) is 3. The molecular weight excluding hydrogens is 432 g/mol. The van der Waals surface area contributed by atoms with Crippen LogP contribution in [-0.4, -0.2) is 27.9 Å². The molecule has 0 fully saturated rings. The lowest BCUT2D eigenvalue weighted by molar-refractivity contribution is 0.0702. The fourth-order valence-corrected chi connectivity index (χ4v) is 4.83. The molecule has 0 aliphatic heterocycles. The minimum absolute atomic E-state index is 0.0837. The van der Waals surface area contributed by atoms with Crippen LogP contribution in [-0.2, 0) is 6.42 Å². The summed E-state index contributed by atoms with van der Waals surface area (Å²) in [4.78, 5) is 12.0. The van der Waals surface area contributed by atoms with E-state index < -0.39 is 5.97 Å². The smallest absolute Gasteiger partial charge is 0.345 e. The third kappa shape index (κ3) is 8.81. The van der Waals surface area contributed by atoms with Crippen LogP contribution in [0.5, 0.6) is 0 Å². The number of aliphatic hydroxyl groups excluding tert-OH is 2. The van der Waals surface area contributed by atoms with Gasteiger partial charge in [0.05, 0.1) is 6.10 Å². The lowest BCUT2D eigenvalue weighted by atomic mass is 9.97. The van der Waals surface area contributed by atoms with Gasteiger partial charge in [0.15, 0.2) is 0 Å².